The summed E-state index contributed by atoms with van der Waals surface area (Å²) in [6.45, 7) is 14.2. The number of unbranched alkanes of at least 4 members (excludes halogenated alkanes) is 39. The highest BCUT2D eigenvalue weighted by Gasteiger charge is 2.30. The van der Waals surface area contributed by atoms with Crippen molar-refractivity contribution in [2.24, 2.45) is 23.7 Å². The molecule has 0 amide bonds. The van der Waals surface area contributed by atoms with Gasteiger partial charge < -0.3 is 33.8 Å². The molecular weight excluding hydrogens is 1260 g/mol. The van der Waals surface area contributed by atoms with Crippen LogP contribution in [0.1, 0.15) is 389 Å². The molecule has 3 N–H and O–H groups in total. The van der Waals surface area contributed by atoms with Crippen molar-refractivity contribution in [2.75, 3.05) is 39.6 Å². The second-order valence-corrected chi connectivity index (χ2v) is 32.3. The summed E-state index contributed by atoms with van der Waals surface area (Å²) in [7, 11) is -9.91. The fraction of sp³-hybridized carbons (Fsp3) is 0.948. The standard InChI is InChI=1S/C77H150O17P2/c1-9-70(8)56-48-40-35-36-44-52-60-77(82)94-73(64-88-75(80)58-50-42-33-28-27-31-39-47-55-69(6)7)66-92-96(85,86)90-62-71(78)61-89-95(83,84)91-65-72(93-76(81)59-51-43-34-26-22-18-14-13-16-20-24-30-38-46-54-68(4)5)63-87-74(79)57-49-41-32-25-21-17-12-10-11-15-19-23-29-37-45-53-67(2)3/h67-73,78H,9-66H2,1-8H3,(H,83,84)(H,85,86)/t70?,71?,72-,73-/m1/s1. The summed E-state index contributed by atoms with van der Waals surface area (Å²) in [6, 6.07) is 0. The van der Waals surface area contributed by atoms with Crippen molar-refractivity contribution in [3.8, 4) is 0 Å². The van der Waals surface area contributed by atoms with Gasteiger partial charge in [-0.1, -0.05) is 338 Å². The Labute approximate surface area is 588 Å². The van der Waals surface area contributed by atoms with Gasteiger partial charge in [-0.3, -0.25) is 37.3 Å². The van der Waals surface area contributed by atoms with Crippen LogP contribution in [0.5, 0.6) is 0 Å². The molecule has 0 radical (unpaired) electrons. The van der Waals surface area contributed by atoms with Gasteiger partial charge in [-0.05, 0) is 49.4 Å². The summed E-state index contributed by atoms with van der Waals surface area (Å²) < 4.78 is 68.5. The quantitative estimate of drug-likeness (QED) is 0.0222. The Balaban J connectivity index is 5.23. The Morgan fingerprint density at radius 1 is 0.292 bits per heavy atom. The summed E-state index contributed by atoms with van der Waals surface area (Å²) in [5.41, 5.74) is 0. The van der Waals surface area contributed by atoms with E-state index in [9.17, 15) is 43.2 Å². The van der Waals surface area contributed by atoms with Crippen LogP contribution < -0.4 is 0 Å². The van der Waals surface area contributed by atoms with Crippen molar-refractivity contribution in [1.82, 2.24) is 0 Å². The zero-order chi connectivity index (χ0) is 71.0. The van der Waals surface area contributed by atoms with E-state index in [-0.39, 0.29) is 25.7 Å². The summed E-state index contributed by atoms with van der Waals surface area (Å²) in [5.74, 6) is 0.925. The average Bonchev–Trinajstić information content (AvgIpc) is 2.12. The Bertz CT molecular complexity index is 1890. The van der Waals surface area contributed by atoms with Crippen LogP contribution in [0.4, 0.5) is 0 Å². The summed E-state index contributed by atoms with van der Waals surface area (Å²) >= 11 is 0. The minimum absolute atomic E-state index is 0.102. The first-order valence-electron chi connectivity index (χ1n) is 39.7. The molecule has 0 aliphatic carbocycles. The van der Waals surface area contributed by atoms with Gasteiger partial charge in [-0.25, -0.2) is 9.13 Å². The Morgan fingerprint density at radius 2 is 0.500 bits per heavy atom. The molecule has 19 heteroatoms. The van der Waals surface area contributed by atoms with Crippen LogP contribution in [-0.2, 0) is 65.4 Å². The number of hydrogen-bond acceptors (Lipinski definition) is 15. The maximum Gasteiger partial charge on any atom is 0.472 e. The number of ether oxygens (including phenoxy) is 4. The molecule has 17 nitrogen and oxygen atoms in total. The second kappa shape index (κ2) is 66.3. The highest BCUT2D eigenvalue weighted by atomic mass is 31.2. The predicted octanol–water partition coefficient (Wildman–Crippen LogP) is 22.4. The number of phosphoric ester groups is 2. The van der Waals surface area contributed by atoms with Gasteiger partial charge >= 0.3 is 39.5 Å². The Morgan fingerprint density at radius 3 is 0.740 bits per heavy atom. The highest BCUT2D eigenvalue weighted by molar-refractivity contribution is 7.47. The normalized spacial score (nSPS) is 14.4. The number of rotatable bonds is 74. The molecule has 4 unspecified atom stereocenters. The van der Waals surface area contributed by atoms with E-state index in [0.29, 0.717) is 25.7 Å². The predicted molar refractivity (Wildman–Crippen MR) is 391 cm³/mol. The Hall–Kier alpha value is -1.94. The van der Waals surface area contributed by atoms with Crippen molar-refractivity contribution in [3.05, 3.63) is 0 Å². The zero-order valence-corrected chi connectivity index (χ0v) is 64.8. The average molecular weight is 1410 g/mol. The monoisotopic (exact) mass is 1410 g/mol. The number of phosphoric acid groups is 2. The minimum atomic E-state index is -4.96. The first-order valence-corrected chi connectivity index (χ1v) is 42.7. The maximum absolute atomic E-state index is 13.1. The lowest BCUT2D eigenvalue weighted by atomic mass is 10.00. The van der Waals surface area contributed by atoms with Gasteiger partial charge in [-0.2, -0.15) is 0 Å². The van der Waals surface area contributed by atoms with E-state index >= 15 is 0 Å². The lowest BCUT2D eigenvalue weighted by Gasteiger charge is -2.21. The third-order valence-electron chi connectivity index (χ3n) is 18.2. The van der Waals surface area contributed by atoms with Crippen molar-refractivity contribution < 1.29 is 80.2 Å². The molecule has 0 rings (SSSR count). The molecule has 0 saturated heterocycles. The molecule has 570 valence electrons. The van der Waals surface area contributed by atoms with Gasteiger partial charge in [0, 0.05) is 25.7 Å². The number of aliphatic hydroxyl groups excluding tert-OH is 1. The lowest BCUT2D eigenvalue weighted by Crippen LogP contribution is -2.30. The van der Waals surface area contributed by atoms with Crippen LogP contribution in [0.15, 0.2) is 0 Å². The second-order valence-electron chi connectivity index (χ2n) is 29.4. The van der Waals surface area contributed by atoms with Crippen LogP contribution in [0, 0.1) is 23.7 Å². The summed E-state index contributed by atoms with van der Waals surface area (Å²) in [6.07, 6.45) is 51.5. The molecule has 0 saturated carbocycles. The van der Waals surface area contributed by atoms with E-state index in [1.165, 1.54) is 193 Å². The van der Waals surface area contributed by atoms with Crippen LogP contribution in [0.2, 0.25) is 0 Å². The van der Waals surface area contributed by atoms with E-state index in [0.717, 1.165) is 114 Å². The van der Waals surface area contributed by atoms with Crippen molar-refractivity contribution >= 4 is 39.5 Å². The SMILES string of the molecule is CCC(C)CCCCCCCCC(=O)O[C@H](COC(=O)CCCCCCCCCCC(C)C)COP(=O)(O)OCC(O)COP(=O)(O)OC[C@@H](COC(=O)CCCCCCCCCCCCCCCCCC(C)C)OC(=O)CCCCCCCCCCCCCCCCC(C)C. The molecule has 0 aromatic heterocycles. The highest BCUT2D eigenvalue weighted by Crippen LogP contribution is 2.45. The van der Waals surface area contributed by atoms with E-state index < -0.39 is 97.5 Å². The third-order valence-corrected chi connectivity index (χ3v) is 20.1. The maximum atomic E-state index is 13.1. The smallest absolute Gasteiger partial charge is 0.462 e. The Kier molecular flexibility index (Phi) is 65.0. The number of hydrogen-bond donors (Lipinski definition) is 3. The van der Waals surface area contributed by atoms with Crippen molar-refractivity contribution in [3.63, 3.8) is 0 Å². The molecule has 0 aliphatic rings. The van der Waals surface area contributed by atoms with Crippen LogP contribution in [0.3, 0.4) is 0 Å². The van der Waals surface area contributed by atoms with Gasteiger partial charge in [0.2, 0.25) is 0 Å². The topological polar surface area (TPSA) is 237 Å². The zero-order valence-electron chi connectivity index (χ0n) is 63.0. The molecule has 0 fully saturated rings. The lowest BCUT2D eigenvalue weighted by molar-refractivity contribution is -0.161. The summed E-state index contributed by atoms with van der Waals surface area (Å²) in [4.78, 5) is 72.8. The minimum Gasteiger partial charge on any atom is -0.462 e. The van der Waals surface area contributed by atoms with Crippen molar-refractivity contribution in [2.45, 2.75) is 408 Å². The number of aliphatic hydroxyl groups is 1. The first-order chi connectivity index (χ1) is 46.1. The fourth-order valence-electron chi connectivity index (χ4n) is 11.7. The molecule has 0 aromatic rings. The van der Waals surface area contributed by atoms with E-state index in [1.807, 2.05) is 0 Å². The molecule has 0 aliphatic heterocycles. The molecule has 0 heterocycles. The van der Waals surface area contributed by atoms with Gasteiger partial charge in [0.05, 0.1) is 26.4 Å². The molecule has 0 aromatic carbocycles. The van der Waals surface area contributed by atoms with Crippen molar-refractivity contribution in [1.29, 1.82) is 0 Å². The van der Waals surface area contributed by atoms with E-state index in [2.05, 4.69) is 55.4 Å². The van der Waals surface area contributed by atoms with Gasteiger partial charge in [-0.15, -0.1) is 0 Å². The molecule has 0 bridgehead atoms. The third kappa shape index (κ3) is 69.2. The number of esters is 4. The molecule has 6 atom stereocenters. The summed E-state index contributed by atoms with van der Waals surface area (Å²) in [5, 5.41) is 10.6. The first kappa shape index (κ1) is 94.1. The van der Waals surface area contributed by atoms with Gasteiger partial charge in [0.1, 0.15) is 19.3 Å². The van der Waals surface area contributed by atoms with Crippen LogP contribution in [-0.4, -0.2) is 96.7 Å². The van der Waals surface area contributed by atoms with Crippen LogP contribution >= 0.6 is 15.6 Å². The number of carbonyl (C=O) groups is 4. The van der Waals surface area contributed by atoms with Crippen LogP contribution in [0.25, 0.3) is 0 Å². The van der Waals surface area contributed by atoms with Gasteiger partial charge in [0.25, 0.3) is 0 Å². The molecule has 96 heavy (non-hydrogen) atoms. The molecular formula is C77H150O17P2. The van der Waals surface area contributed by atoms with Gasteiger partial charge in [0.15, 0.2) is 12.2 Å². The fourth-order valence-corrected chi connectivity index (χ4v) is 13.3. The van der Waals surface area contributed by atoms with E-state index in [1.54, 1.807) is 0 Å². The van der Waals surface area contributed by atoms with E-state index in [4.69, 9.17) is 37.0 Å². The number of carbonyl (C=O) groups excluding carboxylic acids is 4. The molecule has 0 spiro atoms. The largest absolute Gasteiger partial charge is 0.472 e.